The first-order chi connectivity index (χ1) is 8.92. The van der Waals surface area contributed by atoms with Crippen molar-refractivity contribution in [2.75, 3.05) is 14.2 Å². The molecule has 5 heteroatoms. The Balaban J connectivity index is 3.25. The summed E-state index contributed by atoms with van der Waals surface area (Å²) in [5.41, 5.74) is 1.66. The number of benzene rings is 1. The first-order valence-electron chi connectivity index (χ1n) is 5.73. The summed E-state index contributed by atoms with van der Waals surface area (Å²) >= 11 is 0. The summed E-state index contributed by atoms with van der Waals surface area (Å²) in [4.78, 5) is 10.6. The lowest BCUT2D eigenvalue weighted by molar-refractivity contribution is -0.131. The number of carbonyl (C=O) groups is 1. The minimum absolute atomic E-state index is 0.350. The van der Waals surface area contributed by atoms with Crippen molar-refractivity contribution in [3.8, 4) is 11.5 Å². The molecule has 5 nitrogen and oxygen atoms in total. The molecule has 0 aliphatic carbocycles. The van der Waals surface area contributed by atoms with Crippen molar-refractivity contribution >= 4 is 5.97 Å². The molecule has 1 aromatic rings. The molecule has 0 fully saturated rings. The van der Waals surface area contributed by atoms with Gasteiger partial charge < -0.3 is 19.7 Å². The first kappa shape index (κ1) is 15.0. The van der Waals surface area contributed by atoms with Crippen LogP contribution in [-0.4, -0.2) is 30.4 Å². The lowest BCUT2D eigenvalue weighted by Crippen LogP contribution is -2.05. The highest BCUT2D eigenvalue weighted by Gasteiger charge is 2.18. The summed E-state index contributed by atoms with van der Waals surface area (Å²) in [6.45, 7) is 3.35. The van der Waals surface area contributed by atoms with E-state index >= 15 is 0 Å². The van der Waals surface area contributed by atoms with Crippen molar-refractivity contribution in [1.29, 1.82) is 0 Å². The lowest BCUT2D eigenvalue weighted by Gasteiger charge is -2.18. The van der Waals surface area contributed by atoms with E-state index in [1.807, 2.05) is 0 Å². The van der Waals surface area contributed by atoms with Crippen LogP contribution in [0, 0.1) is 6.92 Å². The van der Waals surface area contributed by atoms with Gasteiger partial charge in [-0.1, -0.05) is 6.07 Å². The van der Waals surface area contributed by atoms with Crippen LogP contribution in [0.4, 0.5) is 0 Å². The third-order valence-corrected chi connectivity index (χ3v) is 2.91. The number of aliphatic hydroxyl groups is 1. The monoisotopic (exact) mass is 266 g/mol. The molecule has 0 saturated heterocycles. The topological polar surface area (TPSA) is 76.0 Å². The molecule has 0 radical (unpaired) electrons. The van der Waals surface area contributed by atoms with Gasteiger partial charge in [0.15, 0.2) is 11.5 Å². The van der Waals surface area contributed by atoms with Gasteiger partial charge in [-0.25, -0.2) is 4.79 Å². The van der Waals surface area contributed by atoms with Crippen molar-refractivity contribution < 1.29 is 24.5 Å². The van der Waals surface area contributed by atoms with E-state index in [0.29, 0.717) is 28.2 Å². The van der Waals surface area contributed by atoms with Crippen LogP contribution in [0.5, 0.6) is 11.5 Å². The smallest absolute Gasteiger partial charge is 0.328 e. The molecular formula is C14H18O5. The second kappa shape index (κ2) is 6.24. The van der Waals surface area contributed by atoms with Crippen LogP contribution < -0.4 is 9.47 Å². The highest BCUT2D eigenvalue weighted by Crippen LogP contribution is 2.36. The maximum Gasteiger partial charge on any atom is 0.328 e. The Kier molecular flexibility index (Phi) is 4.94. The average Bonchev–Trinajstić information content (AvgIpc) is 2.36. The number of aliphatic carboxylic acids is 1. The zero-order valence-corrected chi connectivity index (χ0v) is 11.4. The van der Waals surface area contributed by atoms with E-state index < -0.39 is 12.1 Å². The Labute approximate surface area is 112 Å². The van der Waals surface area contributed by atoms with Gasteiger partial charge in [0.2, 0.25) is 0 Å². The van der Waals surface area contributed by atoms with Crippen LogP contribution in [0.25, 0.3) is 0 Å². The number of methoxy groups -OCH3 is 2. The fourth-order valence-electron chi connectivity index (χ4n) is 1.91. The summed E-state index contributed by atoms with van der Waals surface area (Å²) in [5, 5.41) is 18.9. The molecule has 0 heterocycles. The van der Waals surface area contributed by atoms with Crippen LogP contribution in [0.1, 0.15) is 24.2 Å². The van der Waals surface area contributed by atoms with Gasteiger partial charge in [-0.05, 0) is 31.1 Å². The minimum Gasteiger partial charge on any atom is -0.493 e. The van der Waals surface area contributed by atoms with E-state index in [4.69, 9.17) is 14.6 Å². The van der Waals surface area contributed by atoms with Crippen molar-refractivity contribution in [1.82, 2.24) is 0 Å². The maximum absolute atomic E-state index is 10.6. The number of hydrogen-bond acceptors (Lipinski definition) is 4. The van der Waals surface area contributed by atoms with Crippen LogP contribution in [0.15, 0.2) is 23.8 Å². The predicted octanol–water partition coefficient (Wildman–Crippen LogP) is 2.08. The van der Waals surface area contributed by atoms with Gasteiger partial charge in [-0.2, -0.15) is 0 Å². The molecule has 0 aromatic heterocycles. The van der Waals surface area contributed by atoms with E-state index in [0.717, 1.165) is 6.08 Å². The number of carboxylic acid groups (broad SMARTS) is 1. The second-order valence-electron chi connectivity index (χ2n) is 4.14. The molecule has 1 aromatic carbocycles. The fourth-order valence-corrected chi connectivity index (χ4v) is 1.91. The third kappa shape index (κ3) is 3.26. The van der Waals surface area contributed by atoms with E-state index in [1.165, 1.54) is 14.2 Å². The number of ether oxygens (including phenoxy) is 2. The Bertz CT molecular complexity index is 505. The highest BCUT2D eigenvalue weighted by molar-refractivity contribution is 5.80. The van der Waals surface area contributed by atoms with Gasteiger partial charge in [-0.3, -0.25) is 0 Å². The molecule has 0 aliphatic rings. The predicted molar refractivity (Wildman–Crippen MR) is 70.6 cm³/mol. The minimum atomic E-state index is -1.09. The number of aliphatic hydroxyl groups excluding tert-OH is 1. The van der Waals surface area contributed by atoms with E-state index in [-0.39, 0.29) is 0 Å². The molecule has 1 rings (SSSR count). The molecule has 0 unspecified atom stereocenters. The van der Waals surface area contributed by atoms with E-state index in [2.05, 4.69) is 0 Å². The van der Waals surface area contributed by atoms with E-state index in [9.17, 15) is 9.90 Å². The quantitative estimate of drug-likeness (QED) is 0.798. The lowest BCUT2D eigenvalue weighted by atomic mass is 9.97. The molecule has 1 atom stereocenters. The summed E-state index contributed by atoms with van der Waals surface area (Å²) in [6, 6.07) is 3.37. The van der Waals surface area contributed by atoms with Gasteiger partial charge in [0.05, 0.1) is 14.2 Å². The molecule has 0 bridgehead atoms. The van der Waals surface area contributed by atoms with Crippen LogP contribution in [0.3, 0.4) is 0 Å². The summed E-state index contributed by atoms with van der Waals surface area (Å²) < 4.78 is 10.4. The Morgan fingerprint density at radius 1 is 1.32 bits per heavy atom. The van der Waals surface area contributed by atoms with Crippen LogP contribution in [0.2, 0.25) is 0 Å². The van der Waals surface area contributed by atoms with Gasteiger partial charge in [0.25, 0.3) is 0 Å². The Morgan fingerprint density at radius 2 is 1.95 bits per heavy atom. The summed E-state index contributed by atoms with van der Waals surface area (Å²) in [6.07, 6.45) is -0.00298. The molecule has 0 saturated carbocycles. The molecule has 0 aliphatic heterocycles. The number of hydrogen-bond donors (Lipinski definition) is 2. The maximum atomic E-state index is 10.6. The van der Waals surface area contributed by atoms with Crippen LogP contribution >= 0.6 is 0 Å². The zero-order chi connectivity index (χ0) is 14.6. The molecule has 0 spiro atoms. The van der Waals surface area contributed by atoms with Crippen molar-refractivity contribution in [2.45, 2.75) is 20.0 Å². The van der Waals surface area contributed by atoms with Crippen molar-refractivity contribution in [2.24, 2.45) is 0 Å². The number of carboxylic acids is 1. The molecule has 2 N–H and O–H groups in total. The Hall–Kier alpha value is -2.01. The summed E-state index contributed by atoms with van der Waals surface area (Å²) in [7, 11) is 3.05. The fraction of sp³-hybridized carbons (Fsp3) is 0.357. The van der Waals surface area contributed by atoms with Gasteiger partial charge in [0, 0.05) is 11.6 Å². The third-order valence-electron chi connectivity index (χ3n) is 2.91. The highest BCUT2D eigenvalue weighted by atomic mass is 16.5. The average molecular weight is 266 g/mol. The Morgan fingerprint density at radius 3 is 2.42 bits per heavy atom. The van der Waals surface area contributed by atoms with E-state index in [1.54, 1.807) is 26.0 Å². The van der Waals surface area contributed by atoms with Crippen LogP contribution in [-0.2, 0) is 4.79 Å². The normalized spacial score (nSPS) is 13.0. The molecule has 0 amide bonds. The van der Waals surface area contributed by atoms with Crippen molar-refractivity contribution in [3.05, 3.63) is 34.9 Å². The molecular weight excluding hydrogens is 248 g/mol. The zero-order valence-electron chi connectivity index (χ0n) is 11.4. The number of rotatable bonds is 5. The van der Waals surface area contributed by atoms with Crippen molar-refractivity contribution in [3.63, 3.8) is 0 Å². The first-order valence-corrected chi connectivity index (χ1v) is 5.73. The standard InChI is InChI=1S/C14H18O5/c1-8(7-12(15)16)13(17)10-5-6-11(18-3)14(19-4)9(10)2/h5-7,13,17H,1-4H3,(H,15,16)/b8-7+/t13-/m1/s1. The SMILES string of the molecule is COc1ccc([C@H](O)/C(C)=C/C(=O)O)c(C)c1OC. The van der Waals surface area contributed by atoms with Gasteiger partial charge >= 0.3 is 5.97 Å². The molecule has 19 heavy (non-hydrogen) atoms. The largest absolute Gasteiger partial charge is 0.493 e. The van der Waals surface area contributed by atoms with Gasteiger partial charge in [-0.15, -0.1) is 0 Å². The van der Waals surface area contributed by atoms with Gasteiger partial charge in [0.1, 0.15) is 6.10 Å². The molecule has 104 valence electrons. The second-order valence-corrected chi connectivity index (χ2v) is 4.14. The summed E-state index contributed by atoms with van der Waals surface area (Å²) in [5.74, 6) is 0.00710.